The minimum absolute atomic E-state index is 0.0580. The van der Waals surface area contributed by atoms with Crippen molar-refractivity contribution in [2.45, 2.75) is 24.6 Å². The maximum atomic E-state index is 14.9. The maximum Gasteiger partial charge on any atom is 0.270 e. The number of nitrogens with zero attached hydrogens (tertiary/aromatic N) is 3. The van der Waals surface area contributed by atoms with E-state index in [1.54, 1.807) is 43.4 Å². The predicted octanol–water partition coefficient (Wildman–Crippen LogP) is 3.81. The third-order valence-corrected chi connectivity index (χ3v) is 7.20. The number of likely N-dealkylation sites (tertiary alicyclic amines) is 1. The number of alkyl halides is 1. The number of para-hydroxylation sites is 1. The fourth-order valence-corrected chi connectivity index (χ4v) is 4.86. The summed E-state index contributed by atoms with van der Waals surface area (Å²) in [5, 5.41) is 2.72. The summed E-state index contributed by atoms with van der Waals surface area (Å²) in [4.78, 5) is 33.9. The van der Waals surface area contributed by atoms with Crippen LogP contribution in [0.4, 0.5) is 10.1 Å². The minimum Gasteiger partial charge on any atom is -0.489 e. The number of likely N-dealkylation sites (N-methyl/N-ethyl adjacent to an activating group) is 1. The van der Waals surface area contributed by atoms with E-state index in [1.807, 2.05) is 18.2 Å². The van der Waals surface area contributed by atoms with Gasteiger partial charge in [0.15, 0.2) is 5.67 Å². The Morgan fingerprint density at radius 2 is 1.95 bits per heavy atom. The van der Waals surface area contributed by atoms with Crippen molar-refractivity contribution < 1.29 is 23.5 Å². The van der Waals surface area contributed by atoms with Gasteiger partial charge in [0.2, 0.25) is 0 Å². The zero-order valence-corrected chi connectivity index (χ0v) is 22.1. The van der Waals surface area contributed by atoms with E-state index in [-0.39, 0.29) is 18.2 Å². The first-order valence-corrected chi connectivity index (χ1v) is 13.3. The van der Waals surface area contributed by atoms with Gasteiger partial charge in [-0.1, -0.05) is 30.0 Å². The largest absolute Gasteiger partial charge is 0.489 e. The van der Waals surface area contributed by atoms with Crippen molar-refractivity contribution in [2.75, 3.05) is 38.2 Å². The average Bonchev–Trinajstić information content (AvgIpc) is 3.78. The summed E-state index contributed by atoms with van der Waals surface area (Å²) < 4.78 is 26.6. The van der Waals surface area contributed by atoms with Crippen LogP contribution in [0.3, 0.4) is 0 Å². The Bertz CT molecular complexity index is 1490. The van der Waals surface area contributed by atoms with Gasteiger partial charge in [0.1, 0.15) is 35.6 Å². The van der Waals surface area contributed by atoms with Crippen LogP contribution in [0.15, 0.2) is 66.9 Å². The third kappa shape index (κ3) is 5.77. The second-order valence-corrected chi connectivity index (χ2v) is 10.5. The van der Waals surface area contributed by atoms with Crippen LogP contribution in [-0.2, 0) is 4.79 Å². The Morgan fingerprint density at radius 3 is 2.73 bits per heavy atom. The van der Waals surface area contributed by atoms with Crippen molar-refractivity contribution in [2.24, 2.45) is 5.92 Å². The summed E-state index contributed by atoms with van der Waals surface area (Å²) in [6.45, 7) is 1.57. The van der Waals surface area contributed by atoms with E-state index in [0.717, 1.165) is 12.5 Å². The van der Waals surface area contributed by atoms with Crippen molar-refractivity contribution in [1.29, 1.82) is 0 Å². The molecule has 1 saturated heterocycles. The van der Waals surface area contributed by atoms with Gasteiger partial charge in [-0.15, -0.1) is 0 Å². The maximum absolute atomic E-state index is 14.9. The highest BCUT2D eigenvalue weighted by Crippen LogP contribution is 2.35. The van der Waals surface area contributed by atoms with Crippen LogP contribution in [0.1, 0.15) is 28.9 Å². The molecule has 2 amide bonds. The number of nitrogens with one attached hydrogen (secondary N) is 1. The molecule has 0 bridgehead atoms. The number of hydrogen-bond acceptors (Lipinski definition) is 6. The number of anilines is 1. The van der Waals surface area contributed by atoms with Crippen molar-refractivity contribution in [3.63, 3.8) is 0 Å². The predicted molar refractivity (Wildman–Crippen MR) is 147 cm³/mol. The van der Waals surface area contributed by atoms with Crippen molar-refractivity contribution >= 4 is 17.5 Å². The number of halogens is 1. The lowest BCUT2D eigenvalue weighted by Gasteiger charge is -2.41. The van der Waals surface area contributed by atoms with Crippen LogP contribution in [0.2, 0.25) is 0 Å². The monoisotopic (exact) mass is 540 g/mol. The lowest BCUT2D eigenvalue weighted by molar-refractivity contribution is -0.120. The molecule has 2 aromatic carbocycles. The molecule has 204 valence electrons. The molecular formula is C31H29FN4O4. The molecule has 3 heterocycles. The molecule has 2 aliphatic heterocycles. The molecule has 1 saturated carbocycles. The molecule has 6 rings (SSSR count). The smallest absolute Gasteiger partial charge is 0.270 e. The summed E-state index contributed by atoms with van der Waals surface area (Å²) in [7, 11) is 1.61. The number of hydrogen-bond donors (Lipinski definition) is 1. The topological polar surface area (TPSA) is 84.0 Å². The standard InChI is InChI=1S/C31H29FN4O4/c1-35-27-15-21(11-13-31(32)19-36(20-31)17-22-7-8-22)9-10-28(27)39-18-26(30(35)38)34-29(37)25-16-24(12-14-33-25)40-23-5-3-2-4-6-23/h2-6,9-10,12,14-16,22,26H,7-8,17-20H2,1H3,(H,34,37)/t26-/m0/s1. The van der Waals surface area contributed by atoms with Crippen LogP contribution < -0.4 is 19.7 Å². The summed E-state index contributed by atoms with van der Waals surface area (Å²) in [5.74, 6) is 7.09. The first-order valence-electron chi connectivity index (χ1n) is 13.3. The fourth-order valence-electron chi connectivity index (χ4n) is 4.86. The van der Waals surface area contributed by atoms with Gasteiger partial charge in [0.25, 0.3) is 11.8 Å². The van der Waals surface area contributed by atoms with Crippen LogP contribution in [0.5, 0.6) is 17.2 Å². The molecule has 40 heavy (non-hydrogen) atoms. The second kappa shape index (κ2) is 10.6. The number of amides is 2. The van der Waals surface area contributed by atoms with Gasteiger partial charge in [-0.05, 0) is 55.2 Å². The molecule has 1 atom stereocenters. The molecule has 3 aromatic rings. The van der Waals surface area contributed by atoms with Crippen LogP contribution >= 0.6 is 0 Å². The molecule has 1 N–H and O–H groups in total. The van der Waals surface area contributed by atoms with E-state index in [9.17, 15) is 14.0 Å². The van der Waals surface area contributed by atoms with Gasteiger partial charge in [-0.25, -0.2) is 4.39 Å². The number of pyridine rings is 1. The normalized spacial score (nSPS) is 19.7. The lowest BCUT2D eigenvalue weighted by atomic mass is 9.96. The Kier molecular flexibility index (Phi) is 6.86. The summed E-state index contributed by atoms with van der Waals surface area (Å²) in [6, 6.07) is 16.6. The van der Waals surface area contributed by atoms with Crippen molar-refractivity contribution in [1.82, 2.24) is 15.2 Å². The number of ether oxygens (including phenoxy) is 2. The zero-order chi connectivity index (χ0) is 27.7. The van der Waals surface area contributed by atoms with Gasteiger partial charge < -0.3 is 19.7 Å². The molecule has 0 radical (unpaired) electrons. The number of rotatable bonds is 6. The Labute approximate surface area is 232 Å². The summed E-state index contributed by atoms with van der Waals surface area (Å²) in [5.41, 5.74) is -0.314. The Balaban J connectivity index is 1.11. The molecule has 3 aliphatic rings. The van der Waals surface area contributed by atoms with Crippen LogP contribution in [-0.4, -0.2) is 66.7 Å². The van der Waals surface area contributed by atoms with Gasteiger partial charge in [-0.2, -0.15) is 0 Å². The highest BCUT2D eigenvalue weighted by Gasteiger charge is 2.43. The Morgan fingerprint density at radius 1 is 1.15 bits per heavy atom. The van der Waals surface area contributed by atoms with Gasteiger partial charge >= 0.3 is 0 Å². The number of aromatic nitrogens is 1. The average molecular weight is 541 g/mol. The lowest BCUT2D eigenvalue weighted by Crippen LogP contribution is -2.58. The van der Waals surface area contributed by atoms with Gasteiger partial charge in [0, 0.05) is 44.5 Å². The molecule has 9 heteroatoms. The van der Waals surface area contributed by atoms with E-state index in [0.29, 0.717) is 41.6 Å². The molecule has 0 unspecified atom stereocenters. The highest BCUT2D eigenvalue weighted by atomic mass is 19.1. The van der Waals surface area contributed by atoms with Crippen LogP contribution in [0.25, 0.3) is 0 Å². The van der Waals surface area contributed by atoms with Crippen LogP contribution in [0, 0.1) is 17.8 Å². The quantitative estimate of drug-likeness (QED) is 0.479. The third-order valence-electron chi connectivity index (χ3n) is 7.20. The van der Waals surface area contributed by atoms with Crippen molar-refractivity contribution in [3.05, 3.63) is 78.1 Å². The fraction of sp³-hybridized carbons (Fsp3) is 0.323. The molecule has 1 aromatic heterocycles. The number of fused-ring (bicyclic) bond motifs is 1. The number of carbonyl (C=O) groups is 2. The Hall–Kier alpha value is -4.42. The molecule has 8 nitrogen and oxygen atoms in total. The van der Waals surface area contributed by atoms with Gasteiger partial charge in [0.05, 0.1) is 5.69 Å². The van der Waals surface area contributed by atoms with E-state index >= 15 is 0 Å². The molecule has 1 aliphatic carbocycles. The first kappa shape index (κ1) is 25.8. The van der Waals surface area contributed by atoms with E-state index in [1.165, 1.54) is 30.0 Å². The SMILES string of the molecule is CN1C(=O)[C@@H](NC(=O)c2cc(Oc3ccccc3)ccn2)COc2ccc(C#CC3(F)CN(CC4CC4)C3)cc21. The van der Waals surface area contributed by atoms with E-state index in [2.05, 4.69) is 27.0 Å². The molecular weight excluding hydrogens is 511 g/mol. The minimum atomic E-state index is -1.51. The zero-order valence-electron chi connectivity index (χ0n) is 22.1. The van der Waals surface area contributed by atoms with E-state index in [4.69, 9.17) is 9.47 Å². The molecule has 2 fully saturated rings. The second-order valence-electron chi connectivity index (χ2n) is 10.5. The number of benzene rings is 2. The first-order chi connectivity index (χ1) is 19.3. The summed E-state index contributed by atoms with van der Waals surface area (Å²) >= 11 is 0. The van der Waals surface area contributed by atoms with Crippen molar-refractivity contribution in [3.8, 4) is 29.1 Å². The number of carbonyl (C=O) groups excluding carboxylic acids is 2. The highest BCUT2D eigenvalue weighted by molar-refractivity contribution is 6.03. The summed E-state index contributed by atoms with van der Waals surface area (Å²) in [6.07, 6.45) is 3.95. The molecule has 0 spiro atoms. The van der Waals surface area contributed by atoms with E-state index < -0.39 is 17.6 Å². The van der Waals surface area contributed by atoms with Gasteiger partial charge in [-0.3, -0.25) is 19.5 Å².